The molecule has 1 aromatic carbocycles. The summed E-state index contributed by atoms with van der Waals surface area (Å²) in [5, 5.41) is 3.40. The normalized spacial score (nSPS) is 10.5. The Kier molecular flexibility index (Phi) is 5.04. The van der Waals surface area contributed by atoms with Gasteiger partial charge < -0.3 is 10.1 Å². The number of rotatable bonds is 4. The Morgan fingerprint density at radius 3 is 2.62 bits per heavy atom. The number of nitrogens with one attached hydrogen (secondary N) is 1. The van der Waals surface area contributed by atoms with E-state index >= 15 is 0 Å². The molecular weight excluding hydrogens is 311 g/mol. The largest absolute Gasteiger partial charge is 0.489 e. The third kappa shape index (κ3) is 4.34. The Bertz CT molecular complexity index is 660. The molecule has 0 aliphatic carbocycles. The predicted molar refractivity (Wildman–Crippen MR) is 84.4 cm³/mol. The molecule has 0 fully saturated rings. The molecule has 0 saturated heterocycles. The average molecular weight is 325 g/mol. The fourth-order valence-electron chi connectivity index (χ4n) is 1.66. The van der Waals surface area contributed by atoms with Gasteiger partial charge >= 0.3 is 0 Å². The van der Waals surface area contributed by atoms with E-state index in [1.54, 1.807) is 36.4 Å². The molecule has 2 rings (SSSR count). The highest BCUT2D eigenvalue weighted by Crippen LogP contribution is 2.28. The summed E-state index contributed by atoms with van der Waals surface area (Å²) >= 11 is 11.9. The molecule has 0 spiro atoms. The quantitative estimate of drug-likeness (QED) is 0.846. The van der Waals surface area contributed by atoms with Crippen molar-refractivity contribution >= 4 is 34.8 Å². The Hall–Kier alpha value is -1.78. The van der Waals surface area contributed by atoms with Crippen molar-refractivity contribution in [1.82, 2.24) is 4.98 Å². The number of ether oxygens (including phenoxy) is 1. The molecule has 0 unspecified atom stereocenters. The van der Waals surface area contributed by atoms with E-state index in [4.69, 9.17) is 27.9 Å². The lowest BCUT2D eigenvalue weighted by Crippen LogP contribution is -2.13. The van der Waals surface area contributed by atoms with Gasteiger partial charge in [0.05, 0.1) is 11.1 Å². The van der Waals surface area contributed by atoms with Crippen molar-refractivity contribution in [1.29, 1.82) is 0 Å². The van der Waals surface area contributed by atoms with E-state index < -0.39 is 0 Å². The van der Waals surface area contributed by atoms with Crippen molar-refractivity contribution in [3.05, 3.63) is 52.3 Å². The molecule has 0 aliphatic rings. The van der Waals surface area contributed by atoms with E-state index in [-0.39, 0.29) is 22.9 Å². The van der Waals surface area contributed by atoms with Crippen LogP contribution in [0.25, 0.3) is 0 Å². The SMILES string of the molecule is CC(C)Oc1ccc(NC(=O)c2cccc(Cl)n2)cc1Cl. The number of benzene rings is 1. The van der Waals surface area contributed by atoms with Crippen LogP contribution < -0.4 is 10.1 Å². The van der Waals surface area contributed by atoms with Gasteiger partial charge in [0.1, 0.15) is 16.6 Å². The number of halogens is 2. The topological polar surface area (TPSA) is 51.2 Å². The molecule has 0 radical (unpaired) electrons. The molecule has 0 aliphatic heterocycles. The van der Waals surface area contributed by atoms with Crippen LogP contribution in [0, 0.1) is 0 Å². The highest BCUT2D eigenvalue weighted by molar-refractivity contribution is 6.32. The maximum Gasteiger partial charge on any atom is 0.274 e. The van der Waals surface area contributed by atoms with Crippen molar-refractivity contribution in [2.45, 2.75) is 20.0 Å². The van der Waals surface area contributed by atoms with Crippen molar-refractivity contribution in [2.24, 2.45) is 0 Å². The summed E-state index contributed by atoms with van der Waals surface area (Å²) in [4.78, 5) is 16.0. The van der Waals surface area contributed by atoms with E-state index in [1.807, 2.05) is 13.8 Å². The number of aromatic nitrogens is 1. The molecule has 1 amide bonds. The number of carbonyl (C=O) groups is 1. The standard InChI is InChI=1S/C15H14Cl2N2O2/c1-9(2)21-13-7-6-10(8-11(13)16)18-15(20)12-4-3-5-14(17)19-12/h3-9H,1-2H3,(H,18,20). The van der Waals surface area contributed by atoms with Crippen LogP contribution in [0.3, 0.4) is 0 Å². The Morgan fingerprint density at radius 2 is 2.00 bits per heavy atom. The molecule has 1 N–H and O–H groups in total. The van der Waals surface area contributed by atoms with Gasteiger partial charge in [0.2, 0.25) is 0 Å². The molecule has 1 aromatic heterocycles. The molecule has 6 heteroatoms. The smallest absolute Gasteiger partial charge is 0.274 e. The number of pyridine rings is 1. The Labute approximate surface area is 133 Å². The van der Waals surface area contributed by atoms with Crippen LogP contribution in [0.5, 0.6) is 5.75 Å². The summed E-state index contributed by atoms with van der Waals surface area (Å²) in [6.07, 6.45) is 0.0265. The van der Waals surface area contributed by atoms with Crippen molar-refractivity contribution in [3.63, 3.8) is 0 Å². The van der Waals surface area contributed by atoms with Gasteiger partial charge in [-0.1, -0.05) is 29.3 Å². The minimum absolute atomic E-state index is 0.0265. The van der Waals surface area contributed by atoms with Gasteiger partial charge in [-0.15, -0.1) is 0 Å². The van der Waals surface area contributed by atoms with E-state index in [2.05, 4.69) is 10.3 Å². The predicted octanol–water partition coefficient (Wildman–Crippen LogP) is 4.43. The Morgan fingerprint density at radius 1 is 1.24 bits per heavy atom. The number of hydrogen-bond acceptors (Lipinski definition) is 3. The van der Waals surface area contributed by atoms with Crippen LogP contribution in [-0.2, 0) is 0 Å². The van der Waals surface area contributed by atoms with Crippen LogP contribution >= 0.6 is 23.2 Å². The Balaban J connectivity index is 2.13. The summed E-state index contributed by atoms with van der Waals surface area (Å²) in [5.41, 5.74) is 0.795. The van der Waals surface area contributed by atoms with Crippen molar-refractivity contribution in [3.8, 4) is 5.75 Å². The first-order chi connectivity index (χ1) is 9.95. The van der Waals surface area contributed by atoms with E-state index in [0.29, 0.717) is 16.5 Å². The van der Waals surface area contributed by atoms with E-state index in [1.165, 1.54) is 0 Å². The molecular formula is C15H14Cl2N2O2. The lowest BCUT2D eigenvalue weighted by Gasteiger charge is -2.12. The first-order valence-corrected chi connectivity index (χ1v) is 7.11. The second-order valence-electron chi connectivity index (χ2n) is 4.61. The lowest BCUT2D eigenvalue weighted by atomic mass is 10.2. The molecule has 110 valence electrons. The molecule has 0 saturated carbocycles. The van der Waals surface area contributed by atoms with Crippen LogP contribution in [0.15, 0.2) is 36.4 Å². The summed E-state index contributed by atoms with van der Waals surface area (Å²) in [7, 11) is 0. The summed E-state index contributed by atoms with van der Waals surface area (Å²) in [6.45, 7) is 3.83. The van der Waals surface area contributed by atoms with Gasteiger partial charge in [0, 0.05) is 5.69 Å². The third-order valence-corrected chi connectivity index (χ3v) is 3.01. The number of amides is 1. The minimum Gasteiger partial charge on any atom is -0.489 e. The zero-order valence-corrected chi connectivity index (χ0v) is 13.1. The van der Waals surface area contributed by atoms with Crippen LogP contribution in [0.2, 0.25) is 10.2 Å². The molecule has 2 aromatic rings. The molecule has 21 heavy (non-hydrogen) atoms. The third-order valence-electron chi connectivity index (χ3n) is 2.50. The fourth-order valence-corrected chi connectivity index (χ4v) is 2.05. The lowest BCUT2D eigenvalue weighted by molar-refractivity contribution is 0.102. The van der Waals surface area contributed by atoms with Gasteiger partial charge in [-0.25, -0.2) is 4.98 Å². The van der Waals surface area contributed by atoms with Gasteiger partial charge in [-0.05, 0) is 44.2 Å². The maximum atomic E-state index is 12.0. The van der Waals surface area contributed by atoms with Crippen LogP contribution in [0.1, 0.15) is 24.3 Å². The van der Waals surface area contributed by atoms with Crippen LogP contribution in [0.4, 0.5) is 5.69 Å². The highest BCUT2D eigenvalue weighted by atomic mass is 35.5. The van der Waals surface area contributed by atoms with E-state index in [9.17, 15) is 4.79 Å². The van der Waals surface area contributed by atoms with Crippen molar-refractivity contribution < 1.29 is 9.53 Å². The number of carbonyl (C=O) groups excluding carboxylic acids is 1. The maximum absolute atomic E-state index is 12.0. The second kappa shape index (κ2) is 6.78. The van der Waals surface area contributed by atoms with Gasteiger partial charge in [0.15, 0.2) is 0 Å². The van der Waals surface area contributed by atoms with Gasteiger partial charge in [-0.3, -0.25) is 4.79 Å². The minimum atomic E-state index is -0.355. The van der Waals surface area contributed by atoms with Crippen molar-refractivity contribution in [2.75, 3.05) is 5.32 Å². The monoisotopic (exact) mass is 324 g/mol. The molecule has 4 nitrogen and oxygen atoms in total. The fraction of sp³-hybridized carbons (Fsp3) is 0.200. The number of hydrogen-bond donors (Lipinski definition) is 1. The summed E-state index contributed by atoms with van der Waals surface area (Å²) in [5.74, 6) is 0.219. The average Bonchev–Trinajstić information content (AvgIpc) is 2.41. The highest BCUT2D eigenvalue weighted by Gasteiger charge is 2.10. The first kappa shape index (κ1) is 15.6. The van der Waals surface area contributed by atoms with Gasteiger partial charge in [0.25, 0.3) is 5.91 Å². The second-order valence-corrected chi connectivity index (χ2v) is 5.41. The zero-order valence-electron chi connectivity index (χ0n) is 11.6. The summed E-state index contributed by atoms with van der Waals surface area (Å²) < 4.78 is 5.53. The van der Waals surface area contributed by atoms with E-state index in [0.717, 1.165) is 0 Å². The first-order valence-electron chi connectivity index (χ1n) is 6.36. The van der Waals surface area contributed by atoms with Gasteiger partial charge in [-0.2, -0.15) is 0 Å². The molecule has 0 atom stereocenters. The van der Waals surface area contributed by atoms with Crippen LogP contribution in [-0.4, -0.2) is 17.0 Å². The summed E-state index contributed by atoms with van der Waals surface area (Å²) in [6, 6.07) is 9.90. The number of anilines is 1. The zero-order chi connectivity index (χ0) is 15.4. The molecule has 1 heterocycles. The number of nitrogens with zero attached hydrogens (tertiary/aromatic N) is 1. The molecule has 0 bridgehead atoms.